The van der Waals surface area contributed by atoms with Crippen LogP contribution >= 0.6 is 0 Å². The van der Waals surface area contributed by atoms with Crippen molar-refractivity contribution in [1.82, 2.24) is 9.21 Å². The summed E-state index contributed by atoms with van der Waals surface area (Å²) in [7, 11) is -3.12. The third-order valence-corrected chi connectivity index (χ3v) is 8.34. The van der Waals surface area contributed by atoms with Gasteiger partial charge in [-0.2, -0.15) is 0 Å². The normalized spacial score (nSPS) is 27.0. The molecule has 1 aromatic carbocycles. The first-order chi connectivity index (χ1) is 12.4. The maximum atomic E-state index is 13.1. The van der Waals surface area contributed by atoms with Gasteiger partial charge in [0.05, 0.1) is 11.7 Å². The predicted molar refractivity (Wildman–Crippen MR) is 101 cm³/mol. The highest BCUT2D eigenvalue weighted by Gasteiger charge is 2.50. The van der Waals surface area contributed by atoms with Crippen LogP contribution in [0.25, 0.3) is 0 Å². The number of likely N-dealkylation sites (tertiary alicyclic amines) is 1. The van der Waals surface area contributed by atoms with Crippen molar-refractivity contribution in [3.05, 3.63) is 35.9 Å². The van der Waals surface area contributed by atoms with E-state index in [-0.39, 0.29) is 23.0 Å². The molecule has 1 aliphatic carbocycles. The van der Waals surface area contributed by atoms with E-state index in [1.165, 1.54) is 0 Å². The predicted octanol–water partition coefficient (Wildman–Crippen LogP) is 2.60. The van der Waals surface area contributed by atoms with Crippen molar-refractivity contribution in [2.75, 3.05) is 25.4 Å². The van der Waals surface area contributed by atoms with Gasteiger partial charge in [-0.3, -0.25) is 4.79 Å². The minimum Gasteiger partial charge on any atom is -0.339 e. The second-order valence-electron chi connectivity index (χ2n) is 8.16. The van der Waals surface area contributed by atoms with Gasteiger partial charge >= 0.3 is 0 Å². The molecule has 1 unspecified atom stereocenters. The van der Waals surface area contributed by atoms with E-state index < -0.39 is 10.0 Å². The lowest BCUT2D eigenvalue weighted by molar-refractivity contribution is -0.142. The Morgan fingerprint density at radius 3 is 2.35 bits per heavy atom. The Kier molecular flexibility index (Phi) is 4.59. The number of sulfonamides is 1. The third kappa shape index (κ3) is 3.29. The van der Waals surface area contributed by atoms with Gasteiger partial charge in [0, 0.05) is 25.7 Å². The number of carbonyl (C=O) groups excluding carboxylic acids is 1. The third-order valence-electron chi connectivity index (χ3n) is 6.45. The van der Waals surface area contributed by atoms with E-state index in [9.17, 15) is 13.2 Å². The number of carbonyl (C=O) groups is 1. The van der Waals surface area contributed by atoms with Gasteiger partial charge in [0.2, 0.25) is 15.9 Å². The standard InChI is InChI=1S/C20H28N2O3S/c1-2-26(24,25)21-12-10-20(11-13-21)14-18(16-6-4-3-5-7-16)19(23)22(15-20)17-8-9-17/h3-7,17-18H,2,8-15H2,1H3. The average Bonchev–Trinajstić information content (AvgIpc) is 3.50. The quantitative estimate of drug-likeness (QED) is 0.812. The molecule has 3 fully saturated rings. The molecule has 6 heteroatoms. The molecule has 0 N–H and O–H groups in total. The topological polar surface area (TPSA) is 57.7 Å². The molecule has 5 nitrogen and oxygen atoms in total. The molecule has 1 amide bonds. The summed E-state index contributed by atoms with van der Waals surface area (Å²) in [6, 6.07) is 10.5. The molecule has 0 radical (unpaired) electrons. The number of hydrogen-bond acceptors (Lipinski definition) is 3. The number of nitrogens with zero attached hydrogens (tertiary/aromatic N) is 2. The van der Waals surface area contributed by atoms with Gasteiger partial charge < -0.3 is 4.90 Å². The number of piperidine rings is 2. The summed E-state index contributed by atoms with van der Waals surface area (Å²) >= 11 is 0. The highest BCUT2D eigenvalue weighted by Crippen LogP contribution is 2.48. The lowest BCUT2D eigenvalue weighted by Gasteiger charge is -2.49. The Labute approximate surface area is 156 Å². The zero-order valence-corrected chi connectivity index (χ0v) is 16.2. The second-order valence-corrected chi connectivity index (χ2v) is 10.4. The number of hydrogen-bond donors (Lipinski definition) is 0. The zero-order valence-electron chi connectivity index (χ0n) is 15.4. The fraction of sp³-hybridized carbons (Fsp3) is 0.650. The lowest BCUT2D eigenvalue weighted by Crippen LogP contribution is -2.55. The summed E-state index contributed by atoms with van der Waals surface area (Å²) < 4.78 is 26.1. The Morgan fingerprint density at radius 1 is 1.12 bits per heavy atom. The number of benzene rings is 1. The zero-order chi connectivity index (χ0) is 18.4. The van der Waals surface area contributed by atoms with Crippen LogP contribution in [0.1, 0.15) is 50.5 Å². The van der Waals surface area contributed by atoms with Crippen LogP contribution < -0.4 is 0 Å². The monoisotopic (exact) mass is 376 g/mol. The lowest BCUT2D eigenvalue weighted by atomic mass is 9.68. The molecule has 2 aliphatic heterocycles. The first-order valence-electron chi connectivity index (χ1n) is 9.77. The molecule has 1 saturated carbocycles. The molecule has 1 spiro atoms. The Balaban J connectivity index is 1.58. The van der Waals surface area contributed by atoms with Crippen LogP contribution in [-0.2, 0) is 14.8 Å². The molecule has 26 heavy (non-hydrogen) atoms. The summed E-state index contributed by atoms with van der Waals surface area (Å²) in [5.41, 5.74) is 1.15. The van der Waals surface area contributed by atoms with Crippen LogP contribution in [0.15, 0.2) is 30.3 Å². The van der Waals surface area contributed by atoms with Gasteiger partial charge in [0.15, 0.2) is 0 Å². The van der Waals surface area contributed by atoms with E-state index in [0.29, 0.717) is 19.1 Å². The maximum absolute atomic E-state index is 13.1. The molecule has 0 bridgehead atoms. The molecule has 1 aromatic rings. The van der Waals surface area contributed by atoms with Gasteiger partial charge in [-0.15, -0.1) is 0 Å². The smallest absolute Gasteiger partial charge is 0.230 e. The van der Waals surface area contributed by atoms with Crippen molar-refractivity contribution in [3.63, 3.8) is 0 Å². The molecule has 4 rings (SSSR count). The Hall–Kier alpha value is -1.40. The number of amides is 1. The maximum Gasteiger partial charge on any atom is 0.230 e. The molecule has 142 valence electrons. The average molecular weight is 377 g/mol. The summed E-state index contributed by atoms with van der Waals surface area (Å²) in [5.74, 6) is 0.354. The minimum absolute atomic E-state index is 0.0524. The minimum atomic E-state index is -3.12. The molecular weight excluding hydrogens is 348 g/mol. The van der Waals surface area contributed by atoms with Crippen molar-refractivity contribution in [2.24, 2.45) is 5.41 Å². The van der Waals surface area contributed by atoms with Crippen molar-refractivity contribution < 1.29 is 13.2 Å². The van der Waals surface area contributed by atoms with E-state index in [1.54, 1.807) is 11.2 Å². The van der Waals surface area contributed by atoms with Crippen LogP contribution in [0.2, 0.25) is 0 Å². The Morgan fingerprint density at radius 2 is 1.77 bits per heavy atom. The van der Waals surface area contributed by atoms with E-state index >= 15 is 0 Å². The van der Waals surface area contributed by atoms with E-state index in [0.717, 1.165) is 44.2 Å². The molecule has 1 atom stereocenters. The molecule has 2 saturated heterocycles. The highest BCUT2D eigenvalue weighted by molar-refractivity contribution is 7.89. The van der Waals surface area contributed by atoms with Crippen molar-refractivity contribution in [2.45, 2.75) is 51.0 Å². The van der Waals surface area contributed by atoms with Gasteiger partial charge in [0.25, 0.3) is 0 Å². The number of rotatable bonds is 4. The summed E-state index contributed by atoms with van der Waals surface area (Å²) in [6.45, 7) is 3.69. The van der Waals surface area contributed by atoms with Crippen LogP contribution in [0, 0.1) is 5.41 Å². The fourth-order valence-corrected chi connectivity index (χ4v) is 5.75. The molecule has 2 heterocycles. The van der Waals surface area contributed by atoms with E-state index in [4.69, 9.17) is 0 Å². The van der Waals surface area contributed by atoms with Crippen LogP contribution in [0.3, 0.4) is 0 Å². The van der Waals surface area contributed by atoms with Crippen LogP contribution in [0.5, 0.6) is 0 Å². The summed E-state index contributed by atoms with van der Waals surface area (Å²) in [5, 5.41) is 0. The van der Waals surface area contributed by atoms with E-state index in [1.807, 2.05) is 18.2 Å². The first-order valence-corrected chi connectivity index (χ1v) is 11.4. The van der Waals surface area contributed by atoms with E-state index in [2.05, 4.69) is 17.0 Å². The van der Waals surface area contributed by atoms with Crippen molar-refractivity contribution in [3.8, 4) is 0 Å². The van der Waals surface area contributed by atoms with Crippen LogP contribution in [0.4, 0.5) is 0 Å². The van der Waals surface area contributed by atoms with Gasteiger partial charge in [0.1, 0.15) is 0 Å². The molecular formula is C20H28N2O3S. The highest BCUT2D eigenvalue weighted by atomic mass is 32.2. The largest absolute Gasteiger partial charge is 0.339 e. The van der Waals surface area contributed by atoms with Gasteiger partial charge in [-0.1, -0.05) is 30.3 Å². The van der Waals surface area contributed by atoms with Crippen molar-refractivity contribution >= 4 is 15.9 Å². The fourth-order valence-electron chi connectivity index (χ4n) is 4.65. The van der Waals surface area contributed by atoms with Crippen LogP contribution in [-0.4, -0.2) is 55.0 Å². The van der Waals surface area contributed by atoms with Gasteiger partial charge in [-0.05, 0) is 50.0 Å². The van der Waals surface area contributed by atoms with Gasteiger partial charge in [-0.25, -0.2) is 12.7 Å². The summed E-state index contributed by atoms with van der Waals surface area (Å²) in [4.78, 5) is 15.2. The molecule has 0 aromatic heterocycles. The SMILES string of the molecule is CCS(=O)(=O)N1CCC2(CC1)CC(c1ccccc1)C(=O)N(C1CC1)C2. The second kappa shape index (κ2) is 6.64. The summed E-state index contributed by atoms with van der Waals surface area (Å²) in [6.07, 6.45) is 4.77. The Bertz CT molecular complexity index is 766. The molecule has 3 aliphatic rings. The van der Waals surface area contributed by atoms with Crippen molar-refractivity contribution in [1.29, 1.82) is 0 Å². The first kappa shape index (κ1) is 18.0.